The van der Waals surface area contributed by atoms with Crippen LogP contribution in [0, 0.1) is 11.3 Å². The standard InChI is InChI=1S/C17H32O4.Ba.2H/c1-4-5-6-7-8-9-10-11-12-13-17(14(2)3,15(18)19)16(20)21;;;/h14H,4-13H2,1-3H3,(H,18,19)(H,20,21);;;/q;+2;2*-1. The van der Waals surface area contributed by atoms with E-state index in [1.165, 1.54) is 38.5 Å². The van der Waals surface area contributed by atoms with Gasteiger partial charge in [-0.2, -0.15) is 0 Å². The molecular formula is C17H34BaO4. The quantitative estimate of drug-likeness (QED) is 0.250. The van der Waals surface area contributed by atoms with Crippen LogP contribution < -0.4 is 0 Å². The fourth-order valence-corrected chi connectivity index (χ4v) is 2.80. The van der Waals surface area contributed by atoms with E-state index in [9.17, 15) is 19.8 Å². The van der Waals surface area contributed by atoms with Crippen molar-refractivity contribution in [3.63, 3.8) is 0 Å². The SMILES string of the molecule is CCCCCCCCCCCC(C(=O)O)(C(=O)O)C(C)C.[Ba+2].[H-].[H-]. The summed E-state index contributed by atoms with van der Waals surface area (Å²) in [6.07, 6.45) is 10.4. The smallest absolute Gasteiger partial charge is 1.00 e. The molecule has 0 unspecified atom stereocenters. The third kappa shape index (κ3) is 8.39. The van der Waals surface area contributed by atoms with Gasteiger partial charge in [0.2, 0.25) is 0 Å². The van der Waals surface area contributed by atoms with Crippen LogP contribution in [0.3, 0.4) is 0 Å². The first-order valence-corrected chi connectivity index (χ1v) is 8.36. The number of hydrogen-bond acceptors (Lipinski definition) is 2. The Morgan fingerprint density at radius 3 is 1.55 bits per heavy atom. The van der Waals surface area contributed by atoms with E-state index in [1.54, 1.807) is 13.8 Å². The largest absolute Gasteiger partial charge is 2.00 e. The van der Waals surface area contributed by atoms with Crippen LogP contribution in [0.4, 0.5) is 0 Å². The molecule has 0 bridgehead atoms. The Bertz CT molecular complexity index is 312. The zero-order valence-electron chi connectivity index (χ0n) is 16.6. The molecule has 0 atom stereocenters. The van der Waals surface area contributed by atoms with Gasteiger partial charge in [-0.1, -0.05) is 78.6 Å². The first-order valence-electron chi connectivity index (χ1n) is 8.36. The Morgan fingerprint density at radius 1 is 0.864 bits per heavy atom. The van der Waals surface area contributed by atoms with Crippen LogP contribution >= 0.6 is 0 Å². The number of carboxylic acids is 2. The molecule has 0 aromatic rings. The normalized spacial score (nSPS) is 11.3. The maximum Gasteiger partial charge on any atom is 2.00 e. The first kappa shape index (κ1) is 24.8. The molecular weight excluding hydrogens is 406 g/mol. The molecule has 0 rings (SSSR count). The number of carboxylic acid groups (broad SMARTS) is 2. The second-order valence-electron chi connectivity index (χ2n) is 6.31. The molecule has 128 valence electrons. The van der Waals surface area contributed by atoms with Gasteiger partial charge in [0.05, 0.1) is 0 Å². The Hall–Kier alpha value is 0.511. The summed E-state index contributed by atoms with van der Waals surface area (Å²) in [6, 6.07) is 0. The van der Waals surface area contributed by atoms with Gasteiger partial charge in [-0.05, 0) is 12.3 Å². The zero-order chi connectivity index (χ0) is 16.3. The Kier molecular flexibility index (Phi) is 15.7. The van der Waals surface area contributed by atoms with Crippen molar-refractivity contribution in [2.75, 3.05) is 0 Å². The minimum absolute atomic E-state index is 0. The van der Waals surface area contributed by atoms with Crippen molar-refractivity contribution < 1.29 is 22.7 Å². The van der Waals surface area contributed by atoms with E-state index >= 15 is 0 Å². The van der Waals surface area contributed by atoms with Crippen molar-refractivity contribution in [3.8, 4) is 0 Å². The molecule has 0 aliphatic carbocycles. The third-order valence-electron chi connectivity index (χ3n) is 4.42. The molecule has 0 saturated heterocycles. The molecule has 2 N–H and O–H groups in total. The van der Waals surface area contributed by atoms with E-state index < -0.39 is 23.3 Å². The van der Waals surface area contributed by atoms with Gasteiger partial charge >= 0.3 is 60.8 Å². The fourth-order valence-electron chi connectivity index (χ4n) is 2.80. The summed E-state index contributed by atoms with van der Waals surface area (Å²) in [5, 5.41) is 18.6. The predicted octanol–water partition coefficient (Wildman–Crippen LogP) is 4.56. The fraction of sp³-hybridized carbons (Fsp3) is 0.882. The first-order chi connectivity index (χ1) is 9.89. The van der Waals surface area contributed by atoms with Crippen LogP contribution in [-0.4, -0.2) is 71.0 Å². The second kappa shape index (κ2) is 13.9. The number of unbranched alkanes of at least 4 members (excludes halogenated alkanes) is 8. The molecule has 0 amide bonds. The van der Waals surface area contributed by atoms with Gasteiger partial charge < -0.3 is 13.1 Å². The number of rotatable bonds is 13. The van der Waals surface area contributed by atoms with E-state index in [-0.39, 0.29) is 58.2 Å². The van der Waals surface area contributed by atoms with Crippen molar-refractivity contribution in [1.82, 2.24) is 0 Å². The van der Waals surface area contributed by atoms with E-state index in [2.05, 4.69) is 6.92 Å². The summed E-state index contributed by atoms with van der Waals surface area (Å²) >= 11 is 0. The molecule has 0 spiro atoms. The average molecular weight is 440 g/mol. The Labute approximate surface area is 178 Å². The van der Waals surface area contributed by atoms with Gasteiger partial charge in [-0.3, -0.25) is 9.59 Å². The molecule has 0 heterocycles. The summed E-state index contributed by atoms with van der Waals surface area (Å²) in [6.45, 7) is 5.55. The molecule has 0 aliphatic heterocycles. The van der Waals surface area contributed by atoms with Gasteiger partial charge in [0.15, 0.2) is 5.41 Å². The van der Waals surface area contributed by atoms with Crippen molar-refractivity contribution in [2.45, 2.75) is 85.0 Å². The van der Waals surface area contributed by atoms with Gasteiger partial charge in [-0.15, -0.1) is 0 Å². The van der Waals surface area contributed by atoms with E-state index in [1.807, 2.05) is 0 Å². The maximum absolute atomic E-state index is 11.4. The van der Waals surface area contributed by atoms with Crippen molar-refractivity contribution in [3.05, 3.63) is 0 Å². The van der Waals surface area contributed by atoms with Crippen LogP contribution in [0.2, 0.25) is 0 Å². The van der Waals surface area contributed by atoms with Gasteiger partial charge in [0.1, 0.15) is 0 Å². The van der Waals surface area contributed by atoms with Crippen LogP contribution in [0.1, 0.15) is 87.8 Å². The average Bonchev–Trinajstić information content (AvgIpc) is 2.39. The predicted molar refractivity (Wildman–Crippen MR) is 92.4 cm³/mol. The Balaban J connectivity index is -0.000000667. The molecule has 0 radical (unpaired) electrons. The molecule has 0 aliphatic rings. The summed E-state index contributed by atoms with van der Waals surface area (Å²) in [4.78, 5) is 22.8. The zero-order valence-corrected chi connectivity index (χ0v) is 19.0. The van der Waals surface area contributed by atoms with Gasteiger partial charge in [-0.25, -0.2) is 0 Å². The summed E-state index contributed by atoms with van der Waals surface area (Å²) in [7, 11) is 0. The van der Waals surface area contributed by atoms with Crippen LogP contribution in [-0.2, 0) is 9.59 Å². The molecule has 0 saturated carbocycles. The maximum atomic E-state index is 11.4. The summed E-state index contributed by atoms with van der Waals surface area (Å²) < 4.78 is 0. The topological polar surface area (TPSA) is 74.6 Å². The van der Waals surface area contributed by atoms with Crippen molar-refractivity contribution >= 4 is 60.8 Å². The molecule has 0 aromatic heterocycles. The summed E-state index contributed by atoms with van der Waals surface area (Å²) in [5.74, 6) is -2.81. The molecule has 4 nitrogen and oxygen atoms in total. The number of carbonyl (C=O) groups is 2. The van der Waals surface area contributed by atoms with E-state index in [4.69, 9.17) is 0 Å². The Morgan fingerprint density at radius 2 is 1.23 bits per heavy atom. The minimum atomic E-state index is -1.62. The number of aliphatic carboxylic acids is 2. The third-order valence-corrected chi connectivity index (χ3v) is 4.42. The summed E-state index contributed by atoms with van der Waals surface area (Å²) in [5.41, 5.74) is -1.62. The van der Waals surface area contributed by atoms with E-state index in [0.717, 1.165) is 12.8 Å². The van der Waals surface area contributed by atoms with Crippen LogP contribution in [0.25, 0.3) is 0 Å². The van der Waals surface area contributed by atoms with Crippen molar-refractivity contribution in [2.24, 2.45) is 11.3 Å². The molecule has 0 fully saturated rings. The monoisotopic (exact) mass is 440 g/mol. The van der Waals surface area contributed by atoms with Gasteiger partial charge in [0, 0.05) is 0 Å². The van der Waals surface area contributed by atoms with Crippen LogP contribution in [0.5, 0.6) is 0 Å². The molecule has 0 aromatic carbocycles. The molecule has 22 heavy (non-hydrogen) atoms. The number of hydrogen-bond donors (Lipinski definition) is 2. The minimum Gasteiger partial charge on any atom is -1.00 e. The van der Waals surface area contributed by atoms with Crippen LogP contribution in [0.15, 0.2) is 0 Å². The van der Waals surface area contributed by atoms with Gasteiger partial charge in [0.25, 0.3) is 0 Å². The van der Waals surface area contributed by atoms with Crippen molar-refractivity contribution in [1.29, 1.82) is 0 Å². The van der Waals surface area contributed by atoms with E-state index in [0.29, 0.717) is 6.42 Å². The second-order valence-corrected chi connectivity index (χ2v) is 6.31. The molecule has 5 heteroatoms.